The van der Waals surface area contributed by atoms with Crippen LogP contribution >= 0.6 is 0 Å². The first-order chi connectivity index (χ1) is 16.4. The van der Waals surface area contributed by atoms with Crippen molar-refractivity contribution in [3.63, 3.8) is 0 Å². The van der Waals surface area contributed by atoms with Crippen molar-refractivity contribution in [3.8, 4) is 22.8 Å². The predicted molar refractivity (Wildman–Crippen MR) is 123 cm³/mol. The van der Waals surface area contributed by atoms with E-state index in [9.17, 15) is 14.3 Å². The monoisotopic (exact) mass is 458 g/mol. The molecule has 1 aromatic heterocycles. The molecular weight excluding hydrogens is 439 g/mol. The van der Waals surface area contributed by atoms with E-state index in [1.165, 1.54) is 12.1 Å². The van der Waals surface area contributed by atoms with Crippen molar-refractivity contribution in [1.29, 1.82) is 0 Å². The lowest BCUT2D eigenvalue weighted by atomic mass is 10.1. The average molecular weight is 458 g/mol. The quantitative estimate of drug-likeness (QED) is 0.404. The van der Waals surface area contributed by atoms with Crippen molar-refractivity contribution in [2.75, 3.05) is 11.9 Å². The summed E-state index contributed by atoms with van der Waals surface area (Å²) in [5, 5.41) is 9.53. The third kappa shape index (κ3) is 6.12. The molecule has 0 radical (unpaired) electrons. The number of anilines is 2. The number of aromatic carboxylic acids is 1. The summed E-state index contributed by atoms with van der Waals surface area (Å²) in [6, 6.07) is 25.9. The molecule has 7 nitrogen and oxygen atoms in total. The minimum Gasteiger partial charge on any atom is -0.477 e. The van der Waals surface area contributed by atoms with E-state index in [-0.39, 0.29) is 17.7 Å². The molecule has 0 unspecified atom stereocenters. The molecular formula is C26H19FN2O5. The Balaban J connectivity index is 0.00000103. The topological polar surface area (TPSA) is 96.8 Å². The molecule has 0 saturated carbocycles. The van der Waals surface area contributed by atoms with Crippen LogP contribution in [0.1, 0.15) is 10.5 Å². The van der Waals surface area contributed by atoms with Gasteiger partial charge in [-0.15, -0.1) is 0 Å². The number of para-hydroxylation sites is 1. The summed E-state index contributed by atoms with van der Waals surface area (Å²) >= 11 is 0. The minimum absolute atomic E-state index is 0.0399. The number of carbonyl (C=O) groups is 1. The van der Waals surface area contributed by atoms with Gasteiger partial charge in [-0.25, -0.2) is 14.2 Å². The number of ether oxygens (including phenoxy) is 1. The Morgan fingerprint density at radius 1 is 0.882 bits per heavy atom. The second-order valence-electron chi connectivity index (χ2n) is 6.96. The Morgan fingerprint density at radius 3 is 2.00 bits per heavy atom. The lowest BCUT2D eigenvalue weighted by Gasteiger charge is -2.20. The van der Waals surface area contributed by atoms with Gasteiger partial charge in [0.25, 0.3) is 0 Å². The van der Waals surface area contributed by atoms with Crippen LogP contribution in [0.3, 0.4) is 0 Å². The van der Waals surface area contributed by atoms with Crippen LogP contribution in [0, 0.1) is 5.82 Å². The Hall–Kier alpha value is -4.81. The zero-order chi connectivity index (χ0) is 24.5. The number of hydrogen-bond acceptors (Lipinski definition) is 6. The van der Waals surface area contributed by atoms with Crippen LogP contribution in [0.25, 0.3) is 11.3 Å². The number of rotatable bonds is 6. The molecule has 1 N–H and O–H groups in total. The predicted octanol–water partition coefficient (Wildman–Crippen LogP) is 5.56. The van der Waals surface area contributed by atoms with Gasteiger partial charge in [-0.3, -0.25) is 0 Å². The SMILES string of the molecule is CN(c1ccccc1)c1cc(C(=O)O)nc(-c2ccc(Oc3ccc(F)cc3)cc2)c1.O=C=O. The van der Waals surface area contributed by atoms with E-state index >= 15 is 0 Å². The molecule has 1 heterocycles. The zero-order valence-corrected chi connectivity index (χ0v) is 18.0. The molecule has 8 heteroatoms. The molecule has 4 rings (SSSR count). The van der Waals surface area contributed by atoms with Crippen molar-refractivity contribution in [1.82, 2.24) is 4.98 Å². The number of carbonyl (C=O) groups excluding carboxylic acids is 2. The largest absolute Gasteiger partial charge is 0.477 e. The molecule has 0 bridgehead atoms. The third-order valence-corrected chi connectivity index (χ3v) is 4.76. The molecule has 3 aromatic carbocycles. The number of aromatic nitrogens is 1. The van der Waals surface area contributed by atoms with Crippen molar-refractivity contribution in [2.24, 2.45) is 0 Å². The summed E-state index contributed by atoms with van der Waals surface area (Å²) in [5.74, 6) is -0.331. The molecule has 0 aliphatic rings. The molecule has 4 aromatic rings. The van der Waals surface area contributed by atoms with Gasteiger partial charge in [0.05, 0.1) is 5.69 Å². The first kappa shape index (κ1) is 23.8. The highest BCUT2D eigenvalue weighted by Gasteiger charge is 2.14. The van der Waals surface area contributed by atoms with E-state index in [0.717, 1.165) is 11.3 Å². The lowest BCUT2D eigenvalue weighted by molar-refractivity contribution is -0.191. The van der Waals surface area contributed by atoms with Crippen molar-refractivity contribution in [3.05, 3.63) is 103 Å². The van der Waals surface area contributed by atoms with Gasteiger partial charge in [-0.05, 0) is 72.8 Å². The van der Waals surface area contributed by atoms with Crippen LogP contribution in [0.2, 0.25) is 0 Å². The summed E-state index contributed by atoms with van der Waals surface area (Å²) in [4.78, 5) is 34.1. The van der Waals surface area contributed by atoms with E-state index in [1.807, 2.05) is 48.3 Å². The van der Waals surface area contributed by atoms with Crippen LogP contribution in [-0.2, 0) is 9.59 Å². The van der Waals surface area contributed by atoms with E-state index < -0.39 is 5.97 Å². The second-order valence-corrected chi connectivity index (χ2v) is 6.96. The standard InChI is InChI=1S/C25H19FN2O3.CO2/c1-28(19-5-3-2-4-6-19)20-15-23(27-24(16-20)25(29)30)17-7-11-21(12-8-17)31-22-13-9-18(26)10-14-22;2-1-3/h2-16H,1H3,(H,29,30);. The number of carboxylic acids is 1. The number of benzene rings is 3. The maximum absolute atomic E-state index is 13.0. The maximum atomic E-state index is 13.0. The van der Waals surface area contributed by atoms with E-state index in [4.69, 9.17) is 14.3 Å². The number of carboxylic acid groups (broad SMARTS) is 1. The molecule has 170 valence electrons. The minimum atomic E-state index is -1.10. The molecule has 0 saturated heterocycles. The van der Waals surface area contributed by atoms with Crippen LogP contribution in [0.15, 0.2) is 91.0 Å². The Bertz CT molecular complexity index is 1290. The summed E-state index contributed by atoms with van der Waals surface area (Å²) in [7, 11) is 1.87. The Kier molecular flexibility index (Phi) is 7.84. The highest BCUT2D eigenvalue weighted by Crippen LogP contribution is 2.30. The second kappa shape index (κ2) is 11.2. The van der Waals surface area contributed by atoms with Crippen molar-refractivity contribution < 1.29 is 28.6 Å². The van der Waals surface area contributed by atoms with Crippen molar-refractivity contribution >= 4 is 23.5 Å². The first-order valence-electron chi connectivity index (χ1n) is 9.98. The van der Waals surface area contributed by atoms with Gasteiger partial charge in [0.15, 0.2) is 5.69 Å². The normalized spacial score (nSPS) is 9.82. The summed E-state index contributed by atoms with van der Waals surface area (Å²) < 4.78 is 18.8. The lowest BCUT2D eigenvalue weighted by Crippen LogP contribution is -2.12. The Labute approximate surface area is 194 Å². The average Bonchev–Trinajstić information content (AvgIpc) is 2.86. The molecule has 0 aliphatic heterocycles. The van der Waals surface area contributed by atoms with E-state index in [2.05, 4.69) is 4.98 Å². The van der Waals surface area contributed by atoms with Gasteiger partial charge < -0.3 is 14.7 Å². The van der Waals surface area contributed by atoms with Gasteiger partial charge in [0.2, 0.25) is 0 Å². The smallest absolute Gasteiger partial charge is 0.373 e. The van der Waals surface area contributed by atoms with Gasteiger partial charge in [0, 0.05) is 24.0 Å². The van der Waals surface area contributed by atoms with Crippen LogP contribution in [0.4, 0.5) is 15.8 Å². The number of pyridine rings is 1. The van der Waals surface area contributed by atoms with Gasteiger partial charge in [0.1, 0.15) is 17.3 Å². The van der Waals surface area contributed by atoms with Gasteiger partial charge >= 0.3 is 12.1 Å². The van der Waals surface area contributed by atoms with Crippen molar-refractivity contribution in [2.45, 2.75) is 0 Å². The fraction of sp³-hybridized carbons (Fsp3) is 0.0385. The summed E-state index contributed by atoms with van der Waals surface area (Å²) in [6.07, 6.45) is 0.250. The number of hydrogen-bond donors (Lipinski definition) is 1. The fourth-order valence-electron chi connectivity index (χ4n) is 3.10. The number of halogens is 1. The van der Waals surface area contributed by atoms with Crippen LogP contribution in [-0.4, -0.2) is 29.3 Å². The maximum Gasteiger partial charge on any atom is 0.373 e. The zero-order valence-electron chi connectivity index (χ0n) is 18.0. The molecule has 0 spiro atoms. The fourth-order valence-corrected chi connectivity index (χ4v) is 3.10. The Morgan fingerprint density at radius 2 is 1.44 bits per heavy atom. The molecule has 0 amide bonds. The van der Waals surface area contributed by atoms with Gasteiger partial charge in [-0.1, -0.05) is 18.2 Å². The van der Waals surface area contributed by atoms with Crippen LogP contribution in [0.5, 0.6) is 11.5 Å². The number of nitrogens with zero attached hydrogens (tertiary/aromatic N) is 2. The molecule has 34 heavy (non-hydrogen) atoms. The summed E-state index contributed by atoms with van der Waals surface area (Å²) in [6.45, 7) is 0. The molecule has 0 aliphatic carbocycles. The van der Waals surface area contributed by atoms with Gasteiger partial charge in [-0.2, -0.15) is 9.59 Å². The van der Waals surface area contributed by atoms with Crippen LogP contribution < -0.4 is 9.64 Å². The highest BCUT2D eigenvalue weighted by atomic mass is 19.1. The third-order valence-electron chi connectivity index (χ3n) is 4.76. The highest BCUT2D eigenvalue weighted by molar-refractivity contribution is 5.88. The molecule has 0 fully saturated rings. The van der Waals surface area contributed by atoms with E-state index in [1.54, 1.807) is 42.5 Å². The summed E-state index contributed by atoms with van der Waals surface area (Å²) in [5.41, 5.74) is 2.88. The van der Waals surface area contributed by atoms with E-state index in [0.29, 0.717) is 22.9 Å². The first-order valence-corrected chi connectivity index (χ1v) is 9.98. The molecule has 0 atom stereocenters.